The van der Waals surface area contributed by atoms with Crippen LogP contribution < -0.4 is 10.1 Å². The summed E-state index contributed by atoms with van der Waals surface area (Å²) in [5.74, 6) is 0.675. The lowest BCUT2D eigenvalue weighted by molar-refractivity contribution is -0.118. The summed E-state index contributed by atoms with van der Waals surface area (Å²) in [6.07, 6.45) is 3.98. The molecule has 2 aromatic rings. The van der Waals surface area contributed by atoms with Crippen LogP contribution in [0.5, 0.6) is 5.75 Å². The first-order valence-corrected chi connectivity index (χ1v) is 9.51. The van der Waals surface area contributed by atoms with E-state index in [0.29, 0.717) is 23.9 Å². The molecule has 1 amide bonds. The lowest BCUT2D eigenvalue weighted by Crippen LogP contribution is -2.26. The van der Waals surface area contributed by atoms with Crippen molar-refractivity contribution in [3.05, 3.63) is 77.9 Å². The summed E-state index contributed by atoms with van der Waals surface area (Å²) in [7, 11) is 0. The molecule has 1 atom stereocenters. The molecule has 1 aliphatic rings. The van der Waals surface area contributed by atoms with Crippen LogP contribution in [0.25, 0.3) is 0 Å². The van der Waals surface area contributed by atoms with Crippen LogP contribution in [-0.2, 0) is 11.2 Å². The number of nitrogens with one attached hydrogen (secondary N) is 1. The van der Waals surface area contributed by atoms with E-state index in [1.54, 1.807) is 12.3 Å². The molecule has 1 heterocycles. The smallest absolute Gasteiger partial charge is 0.239 e. The predicted molar refractivity (Wildman–Crippen MR) is 112 cm³/mol. The van der Waals surface area contributed by atoms with Crippen molar-refractivity contribution in [3.8, 4) is 5.75 Å². The van der Waals surface area contributed by atoms with Gasteiger partial charge in [-0.2, -0.15) is 5.10 Å². The summed E-state index contributed by atoms with van der Waals surface area (Å²) in [5.41, 5.74) is 3.17. The van der Waals surface area contributed by atoms with Crippen LogP contribution >= 0.6 is 11.8 Å². The molecule has 6 heteroatoms. The van der Waals surface area contributed by atoms with E-state index in [1.165, 1.54) is 22.9 Å². The quantitative estimate of drug-likeness (QED) is 0.453. The van der Waals surface area contributed by atoms with Crippen LogP contribution in [0.4, 0.5) is 0 Å². The van der Waals surface area contributed by atoms with E-state index in [-0.39, 0.29) is 11.2 Å². The van der Waals surface area contributed by atoms with E-state index in [4.69, 9.17) is 4.74 Å². The van der Waals surface area contributed by atoms with Gasteiger partial charge in [0.25, 0.3) is 0 Å². The highest BCUT2D eigenvalue weighted by Crippen LogP contribution is 2.24. The van der Waals surface area contributed by atoms with Crippen molar-refractivity contribution < 1.29 is 9.53 Å². The number of rotatable bonds is 7. The number of para-hydroxylation sites is 1. The maximum absolute atomic E-state index is 12.2. The zero-order valence-electron chi connectivity index (χ0n) is 15.1. The van der Waals surface area contributed by atoms with E-state index in [1.807, 2.05) is 36.4 Å². The SMILES string of the molecule is C=CCOc1ccccc1/C=N/N=C1\NC(=O)C(Cc2ccccc2C)S1. The molecule has 1 unspecified atom stereocenters. The second-order valence-electron chi connectivity index (χ2n) is 6.01. The molecule has 0 aliphatic carbocycles. The summed E-state index contributed by atoms with van der Waals surface area (Å²) in [5, 5.41) is 11.4. The van der Waals surface area contributed by atoms with Crippen molar-refractivity contribution in [2.75, 3.05) is 6.61 Å². The zero-order valence-corrected chi connectivity index (χ0v) is 15.9. The van der Waals surface area contributed by atoms with Crippen molar-refractivity contribution in [2.45, 2.75) is 18.6 Å². The minimum absolute atomic E-state index is 0.0353. The second kappa shape index (κ2) is 9.19. The number of nitrogens with zero attached hydrogens (tertiary/aromatic N) is 2. The molecule has 0 saturated carbocycles. The molecule has 1 saturated heterocycles. The molecule has 2 aromatic carbocycles. The Balaban J connectivity index is 1.65. The number of benzene rings is 2. The van der Waals surface area contributed by atoms with E-state index in [2.05, 4.69) is 41.2 Å². The zero-order chi connectivity index (χ0) is 19.1. The molecule has 0 bridgehead atoms. The fourth-order valence-electron chi connectivity index (χ4n) is 2.64. The highest BCUT2D eigenvalue weighted by Gasteiger charge is 2.30. The number of carbonyl (C=O) groups excluding carboxylic acids is 1. The molecule has 0 aromatic heterocycles. The van der Waals surface area contributed by atoms with Gasteiger partial charge in [0, 0.05) is 5.56 Å². The van der Waals surface area contributed by atoms with Gasteiger partial charge in [0.2, 0.25) is 5.91 Å². The summed E-state index contributed by atoms with van der Waals surface area (Å²) in [4.78, 5) is 12.2. The van der Waals surface area contributed by atoms with Gasteiger partial charge in [-0.15, -0.1) is 5.10 Å². The number of amidine groups is 1. The largest absolute Gasteiger partial charge is 0.489 e. The van der Waals surface area contributed by atoms with Crippen molar-refractivity contribution in [1.82, 2.24) is 5.32 Å². The standard InChI is InChI=1S/C21H21N3O2S/c1-3-12-26-18-11-7-6-10-17(18)14-22-24-21-23-20(25)19(27-21)13-16-9-5-4-8-15(16)2/h3-11,14,19H,1,12-13H2,2H3,(H,23,24,25)/b22-14+. The molecule has 3 rings (SSSR count). The molecular weight excluding hydrogens is 358 g/mol. The molecule has 138 valence electrons. The third-order valence-electron chi connectivity index (χ3n) is 4.06. The molecule has 0 radical (unpaired) electrons. The van der Waals surface area contributed by atoms with Gasteiger partial charge in [0.1, 0.15) is 12.4 Å². The van der Waals surface area contributed by atoms with E-state index < -0.39 is 0 Å². The predicted octanol–water partition coefficient (Wildman–Crippen LogP) is 3.72. The summed E-state index contributed by atoms with van der Waals surface area (Å²) < 4.78 is 5.59. The van der Waals surface area contributed by atoms with Gasteiger partial charge >= 0.3 is 0 Å². The van der Waals surface area contributed by atoms with Crippen LogP contribution in [0.3, 0.4) is 0 Å². The maximum atomic E-state index is 12.2. The Morgan fingerprint density at radius 1 is 1.22 bits per heavy atom. The maximum Gasteiger partial charge on any atom is 0.239 e. The Hall–Kier alpha value is -2.86. The number of amides is 1. The van der Waals surface area contributed by atoms with E-state index in [9.17, 15) is 4.79 Å². The van der Waals surface area contributed by atoms with Gasteiger partial charge in [-0.05, 0) is 36.6 Å². The third kappa shape index (κ3) is 5.08. The highest BCUT2D eigenvalue weighted by atomic mass is 32.2. The van der Waals surface area contributed by atoms with Gasteiger partial charge in [-0.3, -0.25) is 4.79 Å². The Morgan fingerprint density at radius 2 is 2.00 bits per heavy atom. The van der Waals surface area contributed by atoms with Gasteiger partial charge in [0.15, 0.2) is 5.17 Å². The molecular formula is C21H21N3O2S. The Morgan fingerprint density at radius 3 is 2.81 bits per heavy atom. The lowest BCUT2D eigenvalue weighted by atomic mass is 10.0. The molecule has 1 aliphatic heterocycles. The Bertz CT molecular complexity index is 893. The van der Waals surface area contributed by atoms with E-state index in [0.717, 1.165) is 5.56 Å². The molecule has 5 nitrogen and oxygen atoms in total. The number of carbonyl (C=O) groups is 1. The molecule has 0 spiro atoms. The van der Waals surface area contributed by atoms with Crippen LogP contribution in [0.1, 0.15) is 16.7 Å². The summed E-state index contributed by atoms with van der Waals surface area (Å²) in [6.45, 7) is 6.12. The topological polar surface area (TPSA) is 63.1 Å². The van der Waals surface area contributed by atoms with Gasteiger partial charge in [0.05, 0.1) is 11.5 Å². The van der Waals surface area contributed by atoms with E-state index >= 15 is 0 Å². The number of ether oxygens (including phenoxy) is 1. The molecule has 27 heavy (non-hydrogen) atoms. The lowest BCUT2D eigenvalue weighted by Gasteiger charge is -2.07. The average molecular weight is 379 g/mol. The Labute approximate surface area is 163 Å². The fourth-order valence-corrected chi connectivity index (χ4v) is 3.59. The summed E-state index contributed by atoms with van der Waals surface area (Å²) >= 11 is 1.41. The highest BCUT2D eigenvalue weighted by molar-refractivity contribution is 8.15. The first-order chi connectivity index (χ1) is 13.2. The van der Waals surface area contributed by atoms with Gasteiger partial charge in [-0.1, -0.05) is 60.8 Å². The van der Waals surface area contributed by atoms with Crippen molar-refractivity contribution in [3.63, 3.8) is 0 Å². The van der Waals surface area contributed by atoms with Crippen LogP contribution in [0, 0.1) is 6.92 Å². The number of thioether (sulfide) groups is 1. The Kier molecular flexibility index (Phi) is 6.44. The first kappa shape index (κ1) is 18.9. The summed E-state index contributed by atoms with van der Waals surface area (Å²) in [6, 6.07) is 15.6. The molecule has 1 fully saturated rings. The normalized spacial score (nSPS) is 18.0. The van der Waals surface area contributed by atoms with Crippen LogP contribution in [-0.4, -0.2) is 29.1 Å². The number of hydrogen-bond donors (Lipinski definition) is 1. The van der Waals surface area contributed by atoms with Crippen LogP contribution in [0.15, 0.2) is 71.4 Å². The minimum Gasteiger partial charge on any atom is -0.489 e. The minimum atomic E-state index is -0.191. The van der Waals surface area contributed by atoms with Gasteiger partial charge < -0.3 is 10.1 Å². The third-order valence-corrected chi connectivity index (χ3v) is 5.14. The van der Waals surface area contributed by atoms with Crippen molar-refractivity contribution >= 4 is 29.1 Å². The van der Waals surface area contributed by atoms with Gasteiger partial charge in [-0.25, -0.2) is 0 Å². The second-order valence-corrected chi connectivity index (χ2v) is 7.21. The number of aryl methyl sites for hydroxylation is 1. The monoisotopic (exact) mass is 379 g/mol. The average Bonchev–Trinajstić information content (AvgIpc) is 3.02. The number of hydrogen-bond acceptors (Lipinski definition) is 5. The fraction of sp³-hybridized carbons (Fsp3) is 0.190. The van der Waals surface area contributed by atoms with Crippen LogP contribution in [0.2, 0.25) is 0 Å². The first-order valence-electron chi connectivity index (χ1n) is 8.63. The molecule has 1 N–H and O–H groups in total. The van der Waals surface area contributed by atoms with Crippen molar-refractivity contribution in [1.29, 1.82) is 0 Å². The van der Waals surface area contributed by atoms with Crippen molar-refractivity contribution in [2.24, 2.45) is 10.2 Å².